The quantitative estimate of drug-likeness (QED) is 0.818. The Morgan fingerprint density at radius 3 is 2.35 bits per heavy atom. The summed E-state index contributed by atoms with van der Waals surface area (Å²) in [5.41, 5.74) is 5.85. The average Bonchev–Trinajstić information content (AvgIpc) is 2.83. The van der Waals surface area contributed by atoms with Crippen molar-refractivity contribution in [2.45, 2.75) is 84.7 Å². The Hall–Kier alpha value is -0.0800. The molecule has 20 heavy (non-hydrogen) atoms. The van der Waals surface area contributed by atoms with Crippen molar-refractivity contribution in [3.63, 3.8) is 0 Å². The highest BCUT2D eigenvalue weighted by Crippen LogP contribution is 2.59. The zero-order chi connectivity index (χ0) is 15.0. The third kappa shape index (κ3) is 2.54. The fourth-order valence-electron chi connectivity index (χ4n) is 5.28. The largest absolute Gasteiger partial charge is 0.389 e. The second-order valence-electron chi connectivity index (χ2n) is 8.59. The number of hydrogen-bond acceptors (Lipinski definition) is 2. The molecule has 0 aromatic carbocycles. The molecule has 0 spiro atoms. The standard InChI is InChI=1S/C18H35NO/c1-5-14-9-11-17(12-14,13-19)18(20)10-7-6-8-15(18)16(2,3)4/h14-15,20H,5-13,19H2,1-4H3. The Labute approximate surface area is 125 Å². The van der Waals surface area contributed by atoms with Gasteiger partial charge in [-0.05, 0) is 49.4 Å². The van der Waals surface area contributed by atoms with E-state index in [1.54, 1.807) is 0 Å². The molecule has 2 rings (SSSR count). The molecule has 0 aliphatic heterocycles. The van der Waals surface area contributed by atoms with E-state index in [-0.39, 0.29) is 10.8 Å². The molecule has 0 radical (unpaired) electrons. The van der Waals surface area contributed by atoms with Gasteiger partial charge in [-0.15, -0.1) is 0 Å². The van der Waals surface area contributed by atoms with Crippen LogP contribution in [0.2, 0.25) is 0 Å². The Morgan fingerprint density at radius 2 is 1.85 bits per heavy atom. The molecule has 2 aliphatic rings. The highest BCUT2D eigenvalue weighted by Gasteiger charge is 2.59. The summed E-state index contributed by atoms with van der Waals surface area (Å²) in [6, 6.07) is 0. The van der Waals surface area contributed by atoms with E-state index in [9.17, 15) is 5.11 Å². The predicted molar refractivity (Wildman–Crippen MR) is 85.5 cm³/mol. The van der Waals surface area contributed by atoms with Crippen molar-refractivity contribution in [1.82, 2.24) is 0 Å². The Bertz CT molecular complexity index is 335. The van der Waals surface area contributed by atoms with Crippen molar-refractivity contribution in [3.05, 3.63) is 0 Å². The summed E-state index contributed by atoms with van der Waals surface area (Å²) in [7, 11) is 0. The fraction of sp³-hybridized carbons (Fsp3) is 1.00. The molecule has 2 aliphatic carbocycles. The SMILES string of the molecule is CCC1CCC(CN)(C2(O)CCCCC2C(C)(C)C)C1. The maximum atomic E-state index is 11.8. The number of rotatable bonds is 3. The van der Waals surface area contributed by atoms with Crippen LogP contribution in [0.15, 0.2) is 0 Å². The van der Waals surface area contributed by atoms with Crippen LogP contribution in [0.25, 0.3) is 0 Å². The molecule has 0 bridgehead atoms. The molecule has 0 amide bonds. The van der Waals surface area contributed by atoms with Crippen LogP contribution in [-0.2, 0) is 0 Å². The third-order valence-electron chi connectivity index (χ3n) is 6.52. The van der Waals surface area contributed by atoms with Crippen LogP contribution < -0.4 is 5.73 Å². The monoisotopic (exact) mass is 281 g/mol. The van der Waals surface area contributed by atoms with Gasteiger partial charge in [-0.1, -0.05) is 47.0 Å². The fourth-order valence-corrected chi connectivity index (χ4v) is 5.28. The van der Waals surface area contributed by atoms with Crippen molar-refractivity contribution in [2.75, 3.05) is 6.54 Å². The molecule has 2 nitrogen and oxygen atoms in total. The van der Waals surface area contributed by atoms with Crippen molar-refractivity contribution in [3.8, 4) is 0 Å². The van der Waals surface area contributed by atoms with Gasteiger partial charge in [0.05, 0.1) is 5.60 Å². The topological polar surface area (TPSA) is 46.2 Å². The lowest BCUT2D eigenvalue weighted by Crippen LogP contribution is -2.60. The van der Waals surface area contributed by atoms with Crippen molar-refractivity contribution < 1.29 is 5.11 Å². The van der Waals surface area contributed by atoms with Crippen LogP contribution in [0.3, 0.4) is 0 Å². The van der Waals surface area contributed by atoms with E-state index < -0.39 is 5.60 Å². The van der Waals surface area contributed by atoms with E-state index in [1.807, 2.05) is 0 Å². The molecule has 2 heteroatoms. The summed E-state index contributed by atoms with van der Waals surface area (Å²) in [5, 5.41) is 11.8. The van der Waals surface area contributed by atoms with Gasteiger partial charge in [0.15, 0.2) is 0 Å². The molecular weight excluding hydrogens is 246 g/mol. The lowest BCUT2D eigenvalue weighted by atomic mass is 9.53. The minimum Gasteiger partial charge on any atom is -0.389 e. The minimum atomic E-state index is -0.540. The van der Waals surface area contributed by atoms with Gasteiger partial charge in [0.25, 0.3) is 0 Å². The molecule has 0 aromatic rings. The van der Waals surface area contributed by atoms with Crippen LogP contribution in [-0.4, -0.2) is 17.3 Å². The predicted octanol–water partition coefficient (Wildman–Crippen LogP) is 4.11. The normalized spacial score (nSPS) is 42.9. The molecule has 3 N–H and O–H groups in total. The summed E-state index contributed by atoms with van der Waals surface area (Å²) in [6.45, 7) is 9.83. The second-order valence-corrected chi connectivity index (χ2v) is 8.59. The van der Waals surface area contributed by atoms with Crippen molar-refractivity contribution in [2.24, 2.45) is 28.4 Å². The summed E-state index contributed by atoms with van der Waals surface area (Å²) >= 11 is 0. The van der Waals surface area contributed by atoms with Crippen LogP contribution in [0, 0.1) is 22.7 Å². The number of hydrogen-bond donors (Lipinski definition) is 2. The van der Waals surface area contributed by atoms with Gasteiger partial charge in [0, 0.05) is 12.0 Å². The molecule has 0 saturated heterocycles. The van der Waals surface area contributed by atoms with Crippen LogP contribution >= 0.6 is 0 Å². The smallest absolute Gasteiger partial charge is 0.0748 e. The summed E-state index contributed by atoms with van der Waals surface area (Å²) in [6.07, 6.45) is 9.32. The first-order valence-electron chi connectivity index (χ1n) is 8.71. The van der Waals surface area contributed by atoms with Gasteiger partial charge in [-0.3, -0.25) is 0 Å². The van der Waals surface area contributed by atoms with E-state index in [4.69, 9.17) is 5.73 Å². The van der Waals surface area contributed by atoms with Gasteiger partial charge in [0.1, 0.15) is 0 Å². The lowest BCUT2D eigenvalue weighted by molar-refractivity contribution is -0.171. The van der Waals surface area contributed by atoms with Gasteiger partial charge in [-0.25, -0.2) is 0 Å². The molecule has 4 unspecified atom stereocenters. The first-order chi connectivity index (χ1) is 9.29. The average molecular weight is 281 g/mol. The van der Waals surface area contributed by atoms with Gasteiger partial charge in [-0.2, -0.15) is 0 Å². The third-order valence-corrected chi connectivity index (χ3v) is 6.52. The van der Waals surface area contributed by atoms with E-state index in [1.165, 1.54) is 32.1 Å². The second kappa shape index (κ2) is 5.61. The molecule has 2 saturated carbocycles. The Morgan fingerprint density at radius 1 is 1.15 bits per heavy atom. The number of aliphatic hydroxyl groups is 1. The Balaban J connectivity index is 2.34. The maximum Gasteiger partial charge on any atom is 0.0748 e. The van der Waals surface area contributed by atoms with E-state index >= 15 is 0 Å². The van der Waals surface area contributed by atoms with E-state index in [2.05, 4.69) is 27.7 Å². The summed E-state index contributed by atoms with van der Waals surface area (Å²) in [5.74, 6) is 1.16. The van der Waals surface area contributed by atoms with Gasteiger partial charge >= 0.3 is 0 Å². The lowest BCUT2D eigenvalue weighted by Gasteiger charge is -2.56. The molecule has 0 heterocycles. The summed E-state index contributed by atoms with van der Waals surface area (Å²) in [4.78, 5) is 0. The van der Waals surface area contributed by atoms with Gasteiger partial charge in [0.2, 0.25) is 0 Å². The number of nitrogens with two attached hydrogens (primary N) is 1. The van der Waals surface area contributed by atoms with Crippen LogP contribution in [0.1, 0.15) is 79.1 Å². The Kier molecular flexibility index (Phi) is 4.57. The molecule has 4 atom stereocenters. The first-order valence-corrected chi connectivity index (χ1v) is 8.71. The minimum absolute atomic E-state index is 0.0218. The maximum absolute atomic E-state index is 11.8. The highest BCUT2D eigenvalue weighted by molar-refractivity contribution is 5.10. The highest BCUT2D eigenvalue weighted by atomic mass is 16.3. The van der Waals surface area contributed by atoms with E-state index in [0.29, 0.717) is 12.5 Å². The molecule has 118 valence electrons. The zero-order valence-corrected chi connectivity index (χ0v) is 14.0. The van der Waals surface area contributed by atoms with Gasteiger partial charge < -0.3 is 10.8 Å². The molecule has 2 fully saturated rings. The molecular formula is C18H35NO. The van der Waals surface area contributed by atoms with Crippen LogP contribution in [0.4, 0.5) is 0 Å². The molecule has 0 aromatic heterocycles. The van der Waals surface area contributed by atoms with Crippen molar-refractivity contribution in [1.29, 1.82) is 0 Å². The first kappa shape index (κ1) is 16.3. The van der Waals surface area contributed by atoms with Crippen LogP contribution in [0.5, 0.6) is 0 Å². The zero-order valence-electron chi connectivity index (χ0n) is 14.0. The van der Waals surface area contributed by atoms with Crippen molar-refractivity contribution >= 4 is 0 Å². The van der Waals surface area contributed by atoms with E-state index in [0.717, 1.165) is 25.2 Å². The summed E-state index contributed by atoms with van der Waals surface area (Å²) < 4.78 is 0.